The van der Waals surface area contributed by atoms with E-state index in [2.05, 4.69) is 0 Å². The summed E-state index contributed by atoms with van der Waals surface area (Å²) in [5.41, 5.74) is -0.594. The second kappa shape index (κ2) is 4.36. The number of allylic oxidation sites excluding steroid dienone is 3. The van der Waals surface area contributed by atoms with Crippen molar-refractivity contribution >= 4 is 11.9 Å². The summed E-state index contributed by atoms with van der Waals surface area (Å²) in [7, 11) is 0. The fourth-order valence-electron chi connectivity index (χ4n) is 4.23. The summed E-state index contributed by atoms with van der Waals surface area (Å²) in [5.74, 6) is -0.190. The highest BCUT2D eigenvalue weighted by Gasteiger charge is 2.59. The highest BCUT2D eigenvalue weighted by Crippen LogP contribution is 2.47. The van der Waals surface area contributed by atoms with Crippen molar-refractivity contribution in [2.75, 3.05) is 0 Å². The quantitative estimate of drug-likeness (QED) is 0.699. The van der Waals surface area contributed by atoms with Crippen LogP contribution in [0.5, 0.6) is 0 Å². The molecule has 0 aromatic carbocycles. The Morgan fingerprint density at radius 2 is 1.95 bits per heavy atom. The molecule has 0 spiro atoms. The second-order valence-corrected chi connectivity index (χ2v) is 6.37. The van der Waals surface area contributed by atoms with Gasteiger partial charge in [0.15, 0.2) is 0 Å². The van der Waals surface area contributed by atoms with Crippen LogP contribution >= 0.6 is 0 Å². The van der Waals surface area contributed by atoms with Crippen LogP contribution in [0.3, 0.4) is 0 Å². The van der Waals surface area contributed by atoms with E-state index in [4.69, 9.17) is 0 Å². The minimum absolute atomic E-state index is 0.0757. The number of carbonyl (C=O) groups is 2. The number of piperidine rings is 1. The standard InChI is InChI=1S/C15H15F3N2O2/c16-15(17,18)9-2-1-3-10(7-9)20-13(21)12-8-4-5-11(6-8)19(12)14(20)22/h3,7-8,11-12H,1-2,4-6H2. The summed E-state index contributed by atoms with van der Waals surface area (Å²) >= 11 is 0. The zero-order valence-corrected chi connectivity index (χ0v) is 11.8. The lowest BCUT2D eigenvalue weighted by molar-refractivity contribution is -0.128. The van der Waals surface area contributed by atoms with Crippen LogP contribution in [0.2, 0.25) is 0 Å². The number of carbonyl (C=O) groups excluding carboxylic acids is 2. The first-order chi connectivity index (χ1) is 10.4. The molecule has 22 heavy (non-hydrogen) atoms. The molecule has 3 atom stereocenters. The maximum Gasteiger partial charge on any atom is 0.412 e. The molecule has 4 aliphatic rings. The molecule has 2 bridgehead atoms. The second-order valence-electron chi connectivity index (χ2n) is 6.37. The average Bonchev–Trinajstić information content (AvgIpc) is 3.12. The maximum absolute atomic E-state index is 12.9. The normalized spacial score (nSPS) is 34.2. The highest BCUT2D eigenvalue weighted by atomic mass is 19.4. The summed E-state index contributed by atoms with van der Waals surface area (Å²) in [6.45, 7) is 0. The molecule has 0 N–H and O–H groups in total. The first-order valence-corrected chi connectivity index (χ1v) is 7.52. The highest BCUT2D eigenvalue weighted by molar-refractivity contribution is 6.07. The van der Waals surface area contributed by atoms with E-state index in [0.717, 1.165) is 30.2 Å². The van der Waals surface area contributed by atoms with Gasteiger partial charge in [-0.1, -0.05) is 6.08 Å². The van der Waals surface area contributed by atoms with Crippen LogP contribution in [0.15, 0.2) is 23.4 Å². The molecule has 4 rings (SSSR count). The van der Waals surface area contributed by atoms with Crippen molar-refractivity contribution in [1.29, 1.82) is 0 Å². The van der Waals surface area contributed by atoms with Gasteiger partial charge in [-0.2, -0.15) is 13.2 Å². The van der Waals surface area contributed by atoms with E-state index in [1.165, 1.54) is 0 Å². The van der Waals surface area contributed by atoms with Gasteiger partial charge in [0, 0.05) is 17.3 Å². The zero-order chi connectivity index (χ0) is 15.6. The number of hydrogen-bond acceptors (Lipinski definition) is 2. The Morgan fingerprint density at radius 3 is 2.64 bits per heavy atom. The number of halogens is 3. The first kappa shape index (κ1) is 13.8. The van der Waals surface area contributed by atoms with Gasteiger partial charge in [0.25, 0.3) is 5.91 Å². The van der Waals surface area contributed by atoms with Gasteiger partial charge in [-0.15, -0.1) is 0 Å². The van der Waals surface area contributed by atoms with Gasteiger partial charge >= 0.3 is 12.2 Å². The third-order valence-corrected chi connectivity index (χ3v) is 5.18. The fraction of sp³-hybridized carbons (Fsp3) is 0.600. The zero-order valence-electron chi connectivity index (χ0n) is 11.8. The van der Waals surface area contributed by atoms with Crippen LogP contribution in [0.25, 0.3) is 0 Å². The van der Waals surface area contributed by atoms with E-state index in [9.17, 15) is 22.8 Å². The van der Waals surface area contributed by atoms with Gasteiger partial charge < -0.3 is 4.90 Å². The molecular weight excluding hydrogens is 297 g/mol. The Morgan fingerprint density at radius 1 is 1.18 bits per heavy atom. The Bertz CT molecular complexity index is 595. The van der Waals surface area contributed by atoms with Crippen LogP contribution in [0.4, 0.5) is 18.0 Å². The molecule has 2 heterocycles. The fourth-order valence-corrected chi connectivity index (χ4v) is 4.23. The molecule has 0 aromatic rings. The van der Waals surface area contributed by atoms with E-state index in [-0.39, 0.29) is 36.4 Å². The largest absolute Gasteiger partial charge is 0.412 e. The Hall–Kier alpha value is -1.79. The summed E-state index contributed by atoms with van der Waals surface area (Å²) in [5, 5.41) is 0. The third kappa shape index (κ3) is 1.77. The van der Waals surface area contributed by atoms with Crippen molar-refractivity contribution in [1.82, 2.24) is 9.80 Å². The molecule has 1 saturated carbocycles. The SMILES string of the molecule is O=C1C2C3CCC(C3)N2C(=O)N1C1=CCCC(C(F)(F)F)=C1. The van der Waals surface area contributed by atoms with Crippen molar-refractivity contribution in [2.45, 2.75) is 50.4 Å². The number of hydrogen-bond donors (Lipinski definition) is 0. The lowest BCUT2D eigenvalue weighted by Gasteiger charge is -2.26. The third-order valence-electron chi connectivity index (χ3n) is 5.18. The molecule has 3 unspecified atom stereocenters. The van der Waals surface area contributed by atoms with Gasteiger partial charge in [0.1, 0.15) is 6.04 Å². The summed E-state index contributed by atoms with van der Waals surface area (Å²) < 4.78 is 38.6. The number of urea groups is 1. The van der Waals surface area contributed by atoms with Crippen molar-refractivity contribution in [3.63, 3.8) is 0 Å². The van der Waals surface area contributed by atoms with Crippen LogP contribution in [0, 0.1) is 5.92 Å². The lowest BCUT2D eigenvalue weighted by atomic mass is 9.98. The lowest BCUT2D eigenvalue weighted by Crippen LogP contribution is -2.40. The van der Waals surface area contributed by atoms with Gasteiger partial charge in [-0.05, 0) is 44.1 Å². The van der Waals surface area contributed by atoms with E-state index >= 15 is 0 Å². The summed E-state index contributed by atoms with van der Waals surface area (Å²) in [4.78, 5) is 27.6. The van der Waals surface area contributed by atoms with Crippen molar-refractivity contribution in [3.05, 3.63) is 23.4 Å². The number of nitrogens with zero attached hydrogens (tertiary/aromatic N) is 2. The van der Waals surface area contributed by atoms with Gasteiger partial charge in [-0.25, -0.2) is 9.69 Å². The monoisotopic (exact) mass is 312 g/mol. The molecule has 4 nitrogen and oxygen atoms in total. The van der Waals surface area contributed by atoms with Crippen molar-refractivity contribution < 1.29 is 22.8 Å². The molecular formula is C15H15F3N2O2. The van der Waals surface area contributed by atoms with E-state index in [1.54, 1.807) is 11.0 Å². The predicted molar refractivity (Wildman–Crippen MR) is 70.5 cm³/mol. The van der Waals surface area contributed by atoms with Crippen molar-refractivity contribution in [2.24, 2.45) is 5.92 Å². The van der Waals surface area contributed by atoms with Crippen molar-refractivity contribution in [3.8, 4) is 0 Å². The molecule has 7 heteroatoms. The van der Waals surface area contributed by atoms with E-state index in [1.807, 2.05) is 0 Å². The molecule has 118 valence electrons. The predicted octanol–water partition coefficient (Wildman–Crippen LogP) is 2.97. The number of alkyl halides is 3. The molecule has 2 saturated heterocycles. The minimum atomic E-state index is -4.42. The topological polar surface area (TPSA) is 40.6 Å². The molecule has 3 fully saturated rings. The molecule has 2 aliphatic heterocycles. The molecule has 0 aromatic heterocycles. The number of imide groups is 1. The van der Waals surface area contributed by atoms with Crippen LogP contribution in [0.1, 0.15) is 32.1 Å². The first-order valence-electron chi connectivity index (χ1n) is 7.52. The Labute approximate surface area is 125 Å². The van der Waals surface area contributed by atoms with Gasteiger partial charge in [0.2, 0.25) is 0 Å². The molecule has 0 radical (unpaired) electrons. The maximum atomic E-state index is 12.9. The van der Waals surface area contributed by atoms with E-state index in [0.29, 0.717) is 0 Å². The van der Waals surface area contributed by atoms with Gasteiger partial charge in [0.05, 0.1) is 0 Å². The summed E-state index contributed by atoms with van der Waals surface area (Å²) in [6, 6.07) is -0.836. The van der Waals surface area contributed by atoms with Crippen LogP contribution < -0.4 is 0 Å². The van der Waals surface area contributed by atoms with E-state index < -0.39 is 23.8 Å². The molecule has 2 aliphatic carbocycles. The van der Waals surface area contributed by atoms with Gasteiger partial charge in [-0.3, -0.25) is 4.79 Å². The number of fused-ring (bicyclic) bond motifs is 5. The summed E-state index contributed by atoms with van der Waals surface area (Å²) in [6.07, 6.45) is 0.812. The van der Waals surface area contributed by atoms with Crippen LogP contribution in [-0.2, 0) is 4.79 Å². The smallest absolute Gasteiger partial charge is 0.309 e. The van der Waals surface area contributed by atoms with Crippen LogP contribution in [-0.4, -0.2) is 40.0 Å². The average molecular weight is 312 g/mol. The Balaban J connectivity index is 1.67. The molecule has 3 amide bonds. The minimum Gasteiger partial charge on any atom is -0.309 e. The number of amides is 3. The Kier molecular flexibility index (Phi) is 2.75. The number of rotatable bonds is 1.